The molecule has 1 N–H and O–H groups in total. The van der Waals surface area contributed by atoms with E-state index in [-0.39, 0.29) is 11.8 Å². The Morgan fingerprint density at radius 1 is 1.23 bits per heavy atom. The van der Waals surface area contributed by atoms with E-state index < -0.39 is 5.97 Å². The maximum Gasteiger partial charge on any atom is 0.307 e. The number of carboxylic acid groups (broad SMARTS) is 1. The highest BCUT2D eigenvalue weighted by Crippen LogP contribution is 2.48. The van der Waals surface area contributed by atoms with Crippen molar-refractivity contribution in [3.8, 4) is 28.5 Å². The zero-order valence-electron chi connectivity index (χ0n) is 22.2. The Hall–Kier alpha value is -3.79. The molecule has 4 aromatic rings. The van der Waals surface area contributed by atoms with Crippen molar-refractivity contribution in [2.24, 2.45) is 5.92 Å². The summed E-state index contributed by atoms with van der Waals surface area (Å²) >= 11 is 3.11. The Balaban J connectivity index is 1.83. The highest BCUT2D eigenvalue weighted by atomic mass is 32.2. The lowest BCUT2D eigenvalue weighted by molar-refractivity contribution is -0.138. The second-order valence-electron chi connectivity index (χ2n) is 9.70. The smallest absolute Gasteiger partial charge is 0.307 e. The van der Waals surface area contributed by atoms with Crippen LogP contribution < -0.4 is 10.6 Å². The van der Waals surface area contributed by atoms with Gasteiger partial charge in [0.05, 0.1) is 17.0 Å². The number of nitriles is 1. The van der Waals surface area contributed by atoms with Gasteiger partial charge in [0.15, 0.2) is 0 Å². The molecule has 0 spiro atoms. The molecule has 1 aliphatic rings. The molecule has 0 bridgehead atoms. The maximum atomic E-state index is 11.6. The van der Waals surface area contributed by atoms with E-state index in [0.717, 1.165) is 49.8 Å². The van der Waals surface area contributed by atoms with E-state index in [1.54, 1.807) is 11.9 Å². The molecule has 1 fully saturated rings. The third-order valence-electron chi connectivity index (χ3n) is 7.06. The van der Waals surface area contributed by atoms with Gasteiger partial charge in [0, 0.05) is 26.8 Å². The van der Waals surface area contributed by atoms with Crippen molar-refractivity contribution >= 4 is 41.4 Å². The molecule has 2 aromatic heterocycles. The quantitative estimate of drug-likeness (QED) is 0.249. The monoisotopic (exact) mass is 550 g/mol. The zero-order valence-corrected chi connectivity index (χ0v) is 23.9. The van der Waals surface area contributed by atoms with Crippen LogP contribution in [0.5, 0.6) is 0 Å². The summed E-state index contributed by atoms with van der Waals surface area (Å²) in [5.74, 6) is -1.02. The summed E-state index contributed by atoms with van der Waals surface area (Å²) in [6.07, 6.45) is 10.1. The van der Waals surface area contributed by atoms with Crippen molar-refractivity contribution in [2.45, 2.75) is 44.4 Å². The minimum Gasteiger partial charge on any atom is -0.481 e. The summed E-state index contributed by atoms with van der Waals surface area (Å²) < 4.78 is 2.27. The van der Waals surface area contributed by atoms with Crippen molar-refractivity contribution in [1.82, 2.24) is 3.97 Å². The second-order valence-corrected chi connectivity index (χ2v) is 11.6. The van der Waals surface area contributed by atoms with Crippen LogP contribution in [0.15, 0.2) is 77.0 Å². The Bertz CT molecular complexity index is 1720. The predicted molar refractivity (Wildman–Crippen MR) is 162 cm³/mol. The number of carboxylic acids is 1. The molecule has 5 rings (SSSR count). The molecule has 2 heterocycles. The summed E-state index contributed by atoms with van der Waals surface area (Å²) in [6.45, 7) is 6.25. The number of allylic oxidation sites excluding steroid dienone is 2. The summed E-state index contributed by atoms with van der Waals surface area (Å²) in [5.41, 5.74) is 6.20. The van der Waals surface area contributed by atoms with Crippen molar-refractivity contribution in [2.75, 3.05) is 0 Å². The van der Waals surface area contributed by atoms with Crippen LogP contribution in [-0.2, 0) is 4.79 Å². The van der Waals surface area contributed by atoms with Crippen molar-refractivity contribution in [1.29, 1.82) is 5.26 Å². The Morgan fingerprint density at radius 3 is 2.69 bits per heavy atom. The van der Waals surface area contributed by atoms with E-state index in [2.05, 4.69) is 84.6 Å². The number of hydrogen-bond acceptors (Lipinski definition) is 4. The van der Waals surface area contributed by atoms with E-state index in [1.807, 2.05) is 30.5 Å². The molecule has 0 saturated heterocycles. The van der Waals surface area contributed by atoms with Crippen molar-refractivity contribution < 1.29 is 9.90 Å². The van der Waals surface area contributed by atoms with Gasteiger partial charge in [0.2, 0.25) is 0 Å². The molecule has 196 valence electrons. The molecule has 39 heavy (non-hydrogen) atoms. The third-order valence-corrected chi connectivity index (χ3v) is 8.93. The molecule has 2 aromatic carbocycles. The van der Waals surface area contributed by atoms with Crippen LogP contribution in [0.1, 0.15) is 48.6 Å². The lowest BCUT2D eigenvalue weighted by Gasteiger charge is -2.13. The minimum atomic E-state index is -0.733. The van der Waals surface area contributed by atoms with Crippen LogP contribution in [-0.4, -0.2) is 15.0 Å². The van der Waals surface area contributed by atoms with E-state index in [1.165, 1.54) is 16.9 Å². The van der Waals surface area contributed by atoms with Gasteiger partial charge in [-0.25, -0.2) is 0 Å². The van der Waals surface area contributed by atoms with Crippen LogP contribution in [0.25, 0.3) is 34.5 Å². The maximum absolute atomic E-state index is 11.6. The first kappa shape index (κ1) is 26.8. The van der Waals surface area contributed by atoms with Gasteiger partial charge in [-0.1, -0.05) is 67.1 Å². The van der Waals surface area contributed by atoms with Gasteiger partial charge in [-0.05, 0) is 79.8 Å². The topological polar surface area (TPSA) is 66.0 Å². The van der Waals surface area contributed by atoms with Gasteiger partial charge in [-0.2, -0.15) is 5.26 Å². The second kappa shape index (κ2) is 11.5. The third kappa shape index (κ3) is 5.38. The van der Waals surface area contributed by atoms with Crippen LogP contribution in [0.3, 0.4) is 0 Å². The number of benzene rings is 2. The molecule has 4 nitrogen and oxygen atoms in total. The molecule has 2 atom stereocenters. The number of rotatable bonds is 8. The van der Waals surface area contributed by atoms with E-state index in [4.69, 9.17) is 0 Å². The van der Waals surface area contributed by atoms with Gasteiger partial charge in [0.25, 0.3) is 0 Å². The number of hydrogen-bond donors (Lipinski definition) is 1. The fourth-order valence-electron chi connectivity index (χ4n) is 5.01. The standard InChI is InChI=1S/C33H30N2O2S2/c1-4-6-7-11-25-29(5-2)35(39-24-14-12-21(3)13-15-24)32(31(25)26-16-17-38-30(26)20-34)23-10-8-9-22(18-23)27-19-28(27)33(36)37/h5-18,27-28H,4,19H2,1-3H3,(H,36,37)/b7-6+,25-11+,29-5+. The minimum absolute atomic E-state index is 0.0330. The fourth-order valence-corrected chi connectivity index (χ4v) is 6.76. The van der Waals surface area contributed by atoms with Crippen LogP contribution in [0.4, 0.5) is 0 Å². The Kier molecular flexibility index (Phi) is 7.92. The van der Waals surface area contributed by atoms with Gasteiger partial charge in [0.1, 0.15) is 10.9 Å². The normalized spacial score (nSPS) is 17.6. The predicted octanol–water partition coefficient (Wildman–Crippen LogP) is 7.35. The average molecular weight is 551 g/mol. The van der Waals surface area contributed by atoms with Crippen LogP contribution in [0, 0.1) is 24.2 Å². The first-order chi connectivity index (χ1) is 19.0. The van der Waals surface area contributed by atoms with E-state index in [9.17, 15) is 15.2 Å². The lowest BCUT2D eigenvalue weighted by atomic mass is 9.97. The molecular weight excluding hydrogens is 521 g/mol. The van der Waals surface area contributed by atoms with Crippen molar-refractivity contribution in [3.63, 3.8) is 0 Å². The van der Waals surface area contributed by atoms with Gasteiger partial charge >= 0.3 is 5.97 Å². The molecule has 0 amide bonds. The highest BCUT2D eigenvalue weighted by molar-refractivity contribution is 7.98. The first-order valence-corrected chi connectivity index (χ1v) is 14.8. The number of aromatic nitrogens is 1. The Morgan fingerprint density at radius 2 is 2.03 bits per heavy atom. The summed E-state index contributed by atoms with van der Waals surface area (Å²) in [5, 5.41) is 23.6. The van der Waals surface area contributed by atoms with E-state index >= 15 is 0 Å². The molecule has 0 aliphatic heterocycles. The Labute approximate surface area is 237 Å². The number of thiophene rings is 1. The van der Waals surface area contributed by atoms with Crippen LogP contribution >= 0.6 is 23.3 Å². The summed E-state index contributed by atoms with van der Waals surface area (Å²) in [4.78, 5) is 13.4. The molecule has 1 aliphatic carbocycles. The van der Waals surface area contributed by atoms with Gasteiger partial charge in [-0.3, -0.25) is 8.77 Å². The SMILES string of the molecule is C\C=c1/c(=C\C=C\CC)c(-c2ccsc2C#N)c(-c2cccc(C3CC3C(=O)O)c2)n1Sc1ccc(C)cc1. The summed E-state index contributed by atoms with van der Waals surface area (Å²) in [7, 11) is 0. The number of carbonyl (C=O) groups is 1. The molecule has 0 radical (unpaired) electrons. The first-order valence-electron chi connectivity index (χ1n) is 13.1. The van der Waals surface area contributed by atoms with Crippen molar-refractivity contribution in [3.05, 3.63) is 98.7 Å². The fraction of sp³-hybridized carbons (Fsp3) is 0.212. The average Bonchev–Trinajstić information content (AvgIpc) is 3.52. The molecule has 6 heteroatoms. The zero-order chi connectivity index (χ0) is 27.5. The van der Waals surface area contributed by atoms with Gasteiger partial charge < -0.3 is 5.11 Å². The highest BCUT2D eigenvalue weighted by Gasteiger charge is 2.44. The molecule has 2 unspecified atom stereocenters. The number of aliphatic carboxylic acids is 1. The molecule has 1 saturated carbocycles. The lowest BCUT2D eigenvalue weighted by Crippen LogP contribution is -2.27. The molecular formula is C33H30N2O2S2. The largest absolute Gasteiger partial charge is 0.481 e. The van der Waals surface area contributed by atoms with E-state index in [0.29, 0.717) is 11.3 Å². The van der Waals surface area contributed by atoms with Crippen LogP contribution in [0.2, 0.25) is 0 Å². The summed E-state index contributed by atoms with van der Waals surface area (Å²) in [6, 6.07) is 21.2. The van der Waals surface area contributed by atoms with Gasteiger partial charge in [-0.15, -0.1) is 11.3 Å². The number of aryl methyl sites for hydroxylation is 1. The number of nitrogens with zero attached hydrogens (tertiary/aromatic N) is 2.